The lowest BCUT2D eigenvalue weighted by atomic mass is 9.96. The Hall–Kier alpha value is -4.46. The lowest BCUT2D eigenvalue weighted by Gasteiger charge is -2.16. The Bertz CT molecular complexity index is 1650. The Balaban J connectivity index is 1.20. The van der Waals surface area contributed by atoms with Gasteiger partial charge in [0.15, 0.2) is 0 Å². The minimum Gasteiger partial charge on any atom is -0.383 e. The summed E-state index contributed by atoms with van der Waals surface area (Å²) in [6, 6.07) is 10.3. The highest BCUT2D eigenvalue weighted by molar-refractivity contribution is 5.94. The molecule has 0 unspecified atom stereocenters. The van der Waals surface area contributed by atoms with Crippen LogP contribution in [0.25, 0.3) is 16.4 Å². The molecule has 0 saturated heterocycles. The van der Waals surface area contributed by atoms with Crippen molar-refractivity contribution in [1.82, 2.24) is 19.4 Å². The van der Waals surface area contributed by atoms with Crippen LogP contribution >= 0.6 is 0 Å². The second-order valence-electron chi connectivity index (χ2n) is 9.83. The monoisotopic (exact) mass is 490 g/mol. The number of hydrogen-bond donors (Lipinski definition) is 4. The first kappa shape index (κ1) is 23.0. The van der Waals surface area contributed by atoms with Crippen LogP contribution in [0.3, 0.4) is 0 Å². The van der Waals surface area contributed by atoms with Crippen LogP contribution in [0.15, 0.2) is 55.1 Å². The Morgan fingerprint density at radius 1 is 1.05 bits per heavy atom. The van der Waals surface area contributed by atoms with Crippen molar-refractivity contribution < 1.29 is 0 Å². The van der Waals surface area contributed by atoms with Crippen molar-refractivity contribution in [3.8, 4) is 0 Å². The summed E-state index contributed by atoms with van der Waals surface area (Å²) in [6.07, 6.45) is 11.6. The third-order valence-electron chi connectivity index (χ3n) is 7.28. The van der Waals surface area contributed by atoms with Gasteiger partial charge >= 0.3 is 0 Å². The fraction of sp³-hybridized carbons (Fsp3) is 0.241. The highest BCUT2D eigenvalue weighted by Crippen LogP contribution is 2.40. The van der Waals surface area contributed by atoms with Crippen LogP contribution in [0, 0.1) is 19.3 Å². The van der Waals surface area contributed by atoms with Crippen molar-refractivity contribution in [3.63, 3.8) is 0 Å². The molecule has 37 heavy (non-hydrogen) atoms. The Kier molecular flexibility index (Phi) is 5.71. The number of fused-ring (bicyclic) bond motifs is 2. The number of imidazole rings is 1. The van der Waals surface area contributed by atoms with Gasteiger partial charge in [0.1, 0.15) is 17.3 Å². The summed E-state index contributed by atoms with van der Waals surface area (Å²) >= 11 is 0. The Morgan fingerprint density at radius 2 is 1.92 bits per heavy atom. The molecule has 0 amide bonds. The normalized spacial score (nSPS) is 13.2. The molecule has 0 atom stereocenters. The van der Waals surface area contributed by atoms with Crippen molar-refractivity contribution in [2.75, 3.05) is 16.4 Å². The van der Waals surface area contributed by atoms with Crippen LogP contribution in [-0.4, -0.2) is 25.6 Å². The zero-order valence-electron chi connectivity index (χ0n) is 21.0. The molecule has 1 saturated carbocycles. The fourth-order valence-corrected chi connectivity index (χ4v) is 5.00. The van der Waals surface area contributed by atoms with E-state index >= 15 is 0 Å². The Morgan fingerprint density at radius 3 is 2.73 bits per heavy atom. The van der Waals surface area contributed by atoms with Crippen molar-refractivity contribution in [3.05, 3.63) is 88.6 Å². The van der Waals surface area contributed by atoms with E-state index in [1.165, 1.54) is 35.7 Å². The van der Waals surface area contributed by atoms with Crippen molar-refractivity contribution in [1.29, 1.82) is 5.41 Å². The number of nitrogens with one attached hydrogen (secondary N) is 3. The SMILES string of the molecule is Cc1cc2c(N)nccc2c(C)c1CNc1cc(NCc2cn3cc(C4CC4)ccc3n2)c(C=N)cn1. The largest absolute Gasteiger partial charge is 0.383 e. The summed E-state index contributed by atoms with van der Waals surface area (Å²) in [5.74, 6) is 2.01. The van der Waals surface area contributed by atoms with Crippen LogP contribution in [0.1, 0.15) is 52.3 Å². The zero-order valence-corrected chi connectivity index (χ0v) is 21.0. The van der Waals surface area contributed by atoms with Gasteiger partial charge in [-0.3, -0.25) is 0 Å². The molecule has 1 aromatic carbocycles. The number of nitrogen functional groups attached to an aromatic ring is 1. The number of nitrogens with zero attached hydrogens (tertiary/aromatic N) is 4. The third-order valence-corrected chi connectivity index (χ3v) is 7.28. The van der Waals surface area contributed by atoms with E-state index in [0.717, 1.165) is 44.7 Å². The Labute approximate surface area is 215 Å². The van der Waals surface area contributed by atoms with Gasteiger partial charge in [-0.05, 0) is 78.4 Å². The number of pyridine rings is 3. The summed E-state index contributed by atoms with van der Waals surface area (Å²) < 4.78 is 2.11. The summed E-state index contributed by atoms with van der Waals surface area (Å²) in [5.41, 5.74) is 14.5. The first-order chi connectivity index (χ1) is 18.0. The predicted molar refractivity (Wildman–Crippen MR) is 150 cm³/mol. The highest BCUT2D eigenvalue weighted by Gasteiger charge is 2.23. The number of hydrogen-bond acceptors (Lipinski definition) is 7. The molecule has 6 rings (SSSR count). The van der Waals surface area contributed by atoms with Gasteiger partial charge in [0.2, 0.25) is 0 Å². The minimum atomic E-state index is 0.553. The molecule has 186 valence electrons. The van der Waals surface area contributed by atoms with Gasteiger partial charge in [-0.25, -0.2) is 15.0 Å². The maximum Gasteiger partial charge on any atom is 0.137 e. The van der Waals surface area contributed by atoms with E-state index in [9.17, 15) is 0 Å². The molecule has 4 aromatic heterocycles. The summed E-state index contributed by atoms with van der Waals surface area (Å²) in [4.78, 5) is 13.5. The van der Waals surface area contributed by atoms with Crippen LogP contribution in [0.5, 0.6) is 0 Å². The number of aromatic nitrogens is 4. The zero-order chi connectivity index (χ0) is 25.5. The molecule has 5 aromatic rings. The van der Waals surface area contributed by atoms with Gasteiger partial charge in [-0.1, -0.05) is 6.07 Å². The second-order valence-corrected chi connectivity index (χ2v) is 9.83. The predicted octanol–water partition coefficient (Wildman–Crippen LogP) is 5.58. The van der Waals surface area contributed by atoms with Gasteiger partial charge in [-0.2, -0.15) is 0 Å². The number of benzene rings is 1. The fourth-order valence-electron chi connectivity index (χ4n) is 5.00. The maximum absolute atomic E-state index is 7.82. The summed E-state index contributed by atoms with van der Waals surface area (Å²) in [5, 5.41) is 16.8. The van der Waals surface area contributed by atoms with Crippen LogP contribution in [-0.2, 0) is 13.1 Å². The molecule has 0 aliphatic heterocycles. The van der Waals surface area contributed by atoms with E-state index in [1.807, 2.05) is 12.1 Å². The van der Waals surface area contributed by atoms with Crippen LogP contribution in [0.4, 0.5) is 17.3 Å². The minimum absolute atomic E-state index is 0.553. The van der Waals surface area contributed by atoms with Crippen molar-refractivity contribution in [2.24, 2.45) is 0 Å². The highest BCUT2D eigenvalue weighted by atomic mass is 15.0. The standard InChI is InChI=1S/C29H30N8/c1-17-9-24-23(7-8-32-29(24)31)18(2)25(17)14-35-27-10-26(21(11-30)12-34-27)33-13-22-16-37-15-20(19-3-4-19)5-6-28(37)36-22/h5-12,15-16,19,30H,3-4,13-14H2,1-2H3,(H2,31,32)(H2,33,34,35). The summed E-state index contributed by atoms with van der Waals surface area (Å²) in [7, 11) is 0. The number of anilines is 3. The number of rotatable bonds is 8. The molecule has 1 fully saturated rings. The molecule has 1 aliphatic carbocycles. The quantitative estimate of drug-likeness (QED) is 0.211. The maximum atomic E-state index is 7.82. The van der Waals surface area contributed by atoms with Crippen molar-refractivity contribution >= 4 is 40.0 Å². The molecule has 0 bridgehead atoms. The molecule has 8 heteroatoms. The van der Waals surface area contributed by atoms with E-state index in [-0.39, 0.29) is 0 Å². The van der Waals surface area contributed by atoms with Gasteiger partial charge in [-0.15, -0.1) is 0 Å². The molecule has 0 radical (unpaired) electrons. The van der Waals surface area contributed by atoms with Crippen LogP contribution in [0.2, 0.25) is 0 Å². The first-order valence-corrected chi connectivity index (χ1v) is 12.6. The molecule has 1 aliphatic rings. The van der Waals surface area contributed by atoms with E-state index in [0.29, 0.717) is 24.8 Å². The topological polar surface area (TPSA) is 117 Å². The molecular weight excluding hydrogens is 460 g/mol. The summed E-state index contributed by atoms with van der Waals surface area (Å²) in [6.45, 7) is 5.40. The second kappa shape index (κ2) is 9.20. The molecule has 5 N–H and O–H groups in total. The van der Waals surface area contributed by atoms with Gasteiger partial charge in [0, 0.05) is 60.3 Å². The molecule has 4 heterocycles. The van der Waals surface area contributed by atoms with E-state index in [2.05, 4.69) is 69.4 Å². The molecular formula is C29H30N8. The number of nitrogens with two attached hydrogens (primary N) is 1. The van der Waals surface area contributed by atoms with Gasteiger partial charge in [0.25, 0.3) is 0 Å². The van der Waals surface area contributed by atoms with E-state index in [1.54, 1.807) is 12.4 Å². The van der Waals surface area contributed by atoms with E-state index < -0.39 is 0 Å². The first-order valence-electron chi connectivity index (χ1n) is 12.6. The number of aryl methyl sites for hydroxylation is 2. The third kappa shape index (κ3) is 4.46. The van der Waals surface area contributed by atoms with Crippen LogP contribution < -0.4 is 16.4 Å². The smallest absolute Gasteiger partial charge is 0.137 e. The average Bonchev–Trinajstić information content (AvgIpc) is 3.67. The van der Waals surface area contributed by atoms with E-state index in [4.69, 9.17) is 16.1 Å². The van der Waals surface area contributed by atoms with Gasteiger partial charge in [0.05, 0.1) is 12.2 Å². The lowest BCUT2D eigenvalue weighted by Crippen LogP contribution is -2.08. The van der Waals surface area contributed by atoms with Crippen molar-refractivity contribution in [2.45, 2.75) is 45.7 Å². The molecule has 0 spiro atoms. The lowest BCUT2D eigenvalue weighted by molar-refractivity contribution is 1.05. The van der Waals surface area contributed by atoms with Gasteiger partial charge < -0.3 is 26.2 Å². The average molecular weight is 491 g/mol. The molecule has 8 nitrogen and oxygen atoms in total.